The summed E-state index contributed by atoms with van der Waals surface area (Å²) in [6.45, 7) is 1.43. The number of non-ortho nitro benzene ring substituents is 1. The number of unbranched alkanes of at least 4 members (excludes halogenated alkanes) is 2. The van der Waals surface area contributed by atoms with Gasteiger partial charge in [0.1, 0.15) is 11.8 Å². The first kappa shape index (κ1) is 22.6. The molecule has 0 atom stereocenters. The zero-order valence-electron chi connectivity index (χ0n) is 17.4. The number of hydrogen-bond acceptors (Lipinski definition) is 8. The van der Waals surface area contributed by atoms with Crippen molar-refractivity contribution in [3.63, 3.8) is 0 Å². The number of nitrogens with zero attached hydrogens (tertiary/aromatic N) is 5. The number of nitrogens with one attached hydrogen (secondary N) is 2. The summed E-state index contributed by atoms with van der Waals surface area (Å²) in [6.07, 6.45) is 5.62. The predicted molar refractivity (Wildman–Crippen MR) is 117 cm³/mol. The monoisotopic (exact) mass is 440 g/mol. The molecule has 1 aromatic carbocycles. The minimum absolute atomic E-state index is 0.0431. The van der Waals surface area contributed by atoms with Gasteiger partial charge in [-0.05, 0) is 25.0 Å². The normalized spacial score (nSPS) is 10.8. The van der Waals surface area contributed by atoms with Crippen LogP contribution in [-0.4, -0.2) is 49.3 Å². The van der Waals surface area contributed by atoms with E-state index in [2.05, 4.69) is 25.6 Å². The molecule has 0 saturated carbocycles. The minimum atomic E-state index is -0.511. The highest BCUT2D eigenvalue weighted by molar-refractivity contribution is 5.94. The third-order valence-corrected chi connectivity index (χ3v) is 4.81. The summed E-state index contributed by atoms with van der Waals surface area (Å²) < 4.78 is 1.81. The summed E-state index contributed by atoms with van der Waals surface area (Å²) in [4.78, 5) is 46.4. The Kier molecular flexibility index (Phi) is 7.62. The molecule has 0 bridgehead atoms. The highest BCUT2D eigenvalue weighted by Gasteiger charge is 2.10. The Balaban J connectivity index is 1.27. The molecule has 12 nitrogen and oxygen atoms in total. The lowest BCUT2D eigenvalue weighted by Crippen LogP contribution is -2.27. The van der Waals surface area contributed by atoms with E-state index in [1.54, 1.807) is 10.9 Å². The lowest BCUT2D eigenvalue weighted by Gasteiger charge is -2.07. The maximum absolute atomic E-state index is 12.0. The van der Waals surface area contributed by atoms with Gasteiger partial charge >= 0.3 is 0 Å². The van der Waals surface area contributed by atoms with Gasteiger partial charge in [0.05, 0.1) is 11.3 Å². The van der Waals surface area contributed by atoms with Gasteiger partial charge in [0.2, 0.25) is 5.91 Å². The molecule has 3 aromatic rings. The molecule has 0 saturated heterocycles. The number of carbonyl (C=O) groups excluding carboxylic acids is 2. The summed E-state index contributed by atoms with van der Waals surface area (Å²) >= 11 is 0. The van der Waals surface area contributed by atoms with Crippen LogP contribution in [0.25, 0.3) is 11.2 Å². The van der Waals surface area contributed by atoms with Gasteiger partial charge in [0, 0.05) is 43.8 Å². The number of nitro benzene ring substituents is 1. The molecular formula is C20H24N8O4. The van der Waals surface area contributed by atoms with Gasteiger partial charge in [-0.25, -0.2) is 15.0 Å². The van der Waals surface area contributed by atoms with Crippen molar-refractivity contribution < 1.29 is 14.5 Å². The summed E-state index contributed by atoms with van der Waals surface area (Å²) in [7, 11) is 0. The maximum Gasteiger partial charge on any atom is 0.269 e. The Morgan fingerprint density at radius 2 is 1.81 bits per heavy atom. The first-order chi connectivity index (χ1) is 15.5. The van der Waals surface area contributed by atoms with E-state index in [1.165, 1.54) is 30.6 Å². The smallest absolute Gasteiger partial charge is 0.269 e. The summed E-state index contributed by atoms with van der Waals surface area (Å²) in [5.41, 5.74) is 7.24. The number of hydrogen-bond donors (Lipinski definition) is 3. The van der Waals surface area contributed by atoms with Crippen LogP contribution in [0.5, 0.6) is 0 Å². The largest absolute Gasteiger partial charge is 0.382 e. The van der Waals surface area contributed by atoms with E-state index in [0.717, 1.165) is 12.8 Å². The first-order valence-corrected chi connectivity index (χ1v) is 10.2. The van der Waals surface area contributed by atoms with E-state index in [9.17, 15) is 19.7 Å². The third-order valence-electron chi connectivity index (χ3n) is 4.81. The molecule has 0 aliphatic carbocycles. The van der Waals surface area contributed by atoms with Crippen molar-refractivity contribution in [1.82, 2.24) is 30.2 Å². The van der Waals surface area contributed by atoms with Crippen LogP contribution in [0.2, 0.25) is 0 Å². The highest BCUT2D eigenvalue weighted by Crippen LogP contribution is 2.14. The van der Waals surface area contributed by atoms with E-state index in [4.69, 9.17) is 5.73 Å². The number of nitrogen functional groups attached to an aromatic ring is 1. The van der Waals surface area contributed by atoms with E-state index < -0.39 is 4.92 Å². The quantitative estimate of drug-likeness (QED) is 0.228. The van der Waals surface area contributed by atoms with Crippen molar-refractivity contribution in [1.29, 1.82) is 0 Å². The number of nitrogens with two attached hydrogens (primary N) is 1. The first-order valence-electron chi connectivity index (χ1n) is 10.2. The van der Waals surface area contributed by atoms with Crippen molar-refractivity contribution in [2.75, 3.05) is 18.8 Å². The lowest BCUT2D eigenvalue weighted by atomic mass is 10.1. The molecule has 0 unspecified atom stereocenters. The maximum atomic E-state index is 12.0. The second kappa shape index (κ2) is 10.8. The van der Waals surface area contributed by atoms with Crippen LogP contribution in [-0.2, 0) is 11.3 Å². The van der Waals surface area contributed by atoms with Crippen LogP contribution < -0.4 is 16.4 Å². The average Bonchev–Trinajstić information content (AvgIpc) is 3.20. The fourth-order valence-electron chi connectivity index (χ4n) is 3.09. The summed E-state index contributed by atoms with van der Waals surface area (Å²) in [5, 5.41) is 16.3. The highest BCUT2D eigenvalue weighted by atomic mass is 16.6. The van der Waals surface area contributed by atoms with E-state index in [-0.39, 0.29) is 17.5 Å². The number of carbonyl (C=O) groups is 2. The van der Waals surface area contributed by atoms with Gasteiger partial charge in [-0.15, -0.1) is 0 Å². The number of nitro groups is 1. The Hall–Kier alpha value is -4.09. The van der Waals surface area contributed by atoms with Gasteiger partial charge in [0.25, 0.3) is 11.6 Å². The van der Waals surface area contributed by atoms with Crippen LogP contribution in [0.3, 0.4) is 0 Å². The molecule has 4 N–H and O–H groups in total. The predicted octanol–water partition coefficient (Wildman–Crippen LogP) is 1.42. The van der Waals surface area contributed by atoms with E-state index in [0.29, 0.717) is 55.0 Å². The molecule has 32 heavy (non-hydrogen) atoms. The number of anilines is 1. The lowest BCUT2D eigenvalue weighted by molar-refractivity contribution is -0.384. The molecule has 3 rings (SSSR count). The molecule has 0 aliphatic heterocycles. The van der Waals surface area contributed by atoms with Gasteiger partial charge < -0.3 is 20.9 Å². The molecule has 0 spiro atoms. The SMILES string of the molecule is Nc1ncnc2c1ncn2CCNC(=O)CCCCCNC(=O)c1ccc([N+](=O)[O-])cc1. The van der Waals surface area contributed by atoms with Crippen LogP contribution in [0.15, 0.2) is 36.9 Å². The van der Waals surface area contributed by atoms with Crippen molar-refractivity contribution in [3.8, 4) is 0 Å². The van der Waals surface area contributed by atoms with Crippen molar-refractivity contribution >= 4 is 34.5 Å². The Labute approximate surface area is 183 Å². The third kappa shape index (κ3) is 5.97. The molecule has 0 fully saturated rings. The Morgan fingerprint density at radius 1 is 1.03 bits per heavy atom. The average molecular weight is 440 g/mol. The number of imidazole rings is 1. The van der Waals surface area contributed by atoms with Gasteiger partial charge in [0.15, 0.2) is 11.5 Å². The summed E-state index contributed by atoms with van der Waals surface area (Å²) in [5.74, 6) is -0.00288. The fourth-order valence-corrected chi connectivity index (χ4v) is 3.09. The number of benzene rings is 1. The fraction of sp³-hybridized carbons (Fsp3) is 0.350. The molecule has 2 amide bonds. The number of amides is 2. The zero-order valence-corrected chi connectivity index (χ0v) is 17.4. The van der Waals surface area contributed by atoms with Crippen LogP contribution >= 0.6 is 0 Å². The van der Waals surface area contributed by atoms with E-state index >= 15 is 0 Å². The minimum Gasteiger partial charge on any atom is -0.382 e. The molecule has 2 aromatic heterocycles. The van der Waals surface area contributed by atoms with Gasteiger partial charge in [-0.1, -0.05) is 6.42 Å². The van der Waals surface area contributed by atoms with Crippen LogP contribution in [0.4, 0.5) is 11.5 Å². The second-order valence-electron chi connectivity index (χ2n) is 7.09. The van der Waals surface area contributed by atoms with Crippen molar-refractivity contribution in [2.45, 2.75) is 32.2 Å². The summed E-state index contributed by atoms with van der Waals surface area (Å²) in [6, 6.07) is 5.44. The van der Waals surface area contributed by atoms with Gasteiger partial charge in [-0.2, -0.15) is 0 Å². The standard InChI is InChI=1S/C20H24N8O4/c21-18-17-19(25-12-24-18)27(13-26-17)11-10-22-16(29)4-2-1-3-9-23-20(30)14-5-7-15(8-6-14)28(31)32/h5-8,12-13H,1-4,9-11H2,(H,22,29)(H,23,30)(H2,21,24,25). The molecule has 0 aliphatic rings. The second-order valence-corrected chi connectivity index (χ2v) is 7.09. The van der Waals surface area contributed by atoms with Crippen molar-refractivity contribution in [3.05, 3.63) is 52.6 Å². The molecule has 2 heterocycles. The van der Waals surface area contributed by atoms with Gasteiger partial charge in [-0.3, -0.25) is 19.7 Å². The molecule has 0 radical (unpaired) electrons. The molecule has 168 valence electrons. The molecular weight excluding hydrogens is 416 g/mol. The van der Waals surface area contributed by atoms with Crippen LogP contribution in [0, 0.1) is 10.1 Å². The van der Waals surface area contributed by atoms with Crippen molar-refractivity contribution in [2.24, 2.45) is 0 Å². The zero-order chi connectivity index (χ0) is 22.9. The van der Waals surface area contributed by atoms with E-state index in [1.807, 2.05) is 0 Å². The number of aromatic nitrogens is 4. The topological polar surface area (TPSA) is 171 Å². The number of fused-ring (bicyclic) bond motifs is 1. The Morgan fingerprint density at radius 3 is 2.56 bits per heavy atom. The molecule has 12 heteroatoms. The van der Waals surface area contributed by atoms with Crippen LogP contribution in [0.1, 0.15) is 36.0 Å². The number of rotatable bonds is 11. The Bertz CT molecular complexity index is 1100.